The van der Waals surface area contributed by atoms with Crippen molar-refractivity contribution in [2.24, 2.45) is 5.41 Å². The number of benzene rings is 2. The Kier molecular flexibility index (Phi) is 7.27. The number of halogens is 3. The van der Waals surface area contributed by atoms with Crippen molar-refractivity contribution >= 4 is 40.7 Å². The molecule has 2 saturated heterocycles. The predicted molar refractivity (Wildman–Crippen MR) is 162 cm³/mol. The van der Waals surface area contributed by atoms with Crippen LogP contribution in [-0.4, -0.2) is 46.2 Å². The number of aromatic nitrogens is 2. The molecule has 9 nitrogen and oxygen atoms in total. The Bertz CT molecular complexity index is 1600. The molecule has 7 rings (SSSR count). The maximum atomic E-state index is 16.1. The summed E-state index contributed by atoms with van der Waals surface area (Å²) in [7, 11) is 0. The van der Waals surface area contributed by atoms with Crippen molar-refractivity contribution in [3.05, 3.63) is 75.7 Å². The van der Waals surface area contributed by atoms with Gasteiger partial charge >= 0.3 is 0 Å². The third kappa shape index (κ3) is 4.56. The van der Waals surface area contributed by atoms with Gasteiger partial charge in [0.15, 0.2) is 0 Å². The fourth-order valence-electron chi connectivity index (χ4n) is 8.09. The lowest BCUT2D eigenvalue weighted by Crippen LogP contribution is -2.61. The topological polar surface area (TPSA) is 118 Å². The zero-order valence-corrected chi connectivity index (χ0v) is 26.0. The number of fused-ring (bicyclic) bond motifs is 3. The number of carbonyl (C=O) groups is 2. The van der Waals surface area contributed by atoms with Crippen LogP contribution in [0.2, 0.25) is 10.0 Å². The summed E-state index contributed by atoms with van der Waals surface area (Å²) in [6, 6.07) is 8.87. The van der Waals surface area contributed by atoms with Crippen LogP contribution in [0, 0.1) is 11.2 Å². The van der Waals surface area contributed by atoms with Crippen molar-refractivity contribution in [3.8, 4) is 0 Å². The van der Waals surface area contributed by atoms with Gasteiger partial charge in [0, 0.05) is 22.2 Å². The molecule has 2 aromatic carbocycles. The lowest BCUT2D eigenvalue weighted by molar-refractivity contribution is -0.126. The summed E-state index contributed by atoms with van der Waals surface area (Å²) in [4.78, 5) is 29.0. The Morgan fingerprint density at radius 3 is 2.61 bits per heavy atom. The summed E-state index contributed by atoms with van der Waals surface area (Å²) >= 11 is 12.7. The molecular weight excluding hydrogens is 608 g/mol. The zero-order valence-electron chi connectivity index (χ0n) is 24.5. The summed E-state index contributed by atoms with van der Waals surface area (Å²) in [5, 5.41) is 18.0. The van der Waals surface area contributed by atoms with E-state index >= 15 is 4.39 Å². The van der Waals surface area contributed by atoms with Crippen LogP contribution in [-0.2, 0) is 19.7 Å². The van der Waals surface area contributed by atoms with Gasteiger partial charge < -0.3 is 19.8 Å². The van der Waals surface area contributed by atoms with Crippen molar-refractivity contribution in [1.29, 1.82) is 0 Å². The molecule has 12 heteroatoms. The standard InChI is InChI=1S/C32H34Cl2FN5O4/c1-30(2)10-12-31(13-11-30)32(20-8-6-17(33)14-22(20)38-29(32)42)24(19-4-3-5-21(34)25(19)35)26(39-31)27(41)37-18-7-9-23(43-15-18)28-40-36-16-44-28/h3-6,8,14,16,18,23-24,26,39H,7,9-13,15H2,1-2H3,(H,37,41)(H,38,42)/t18-,23+,24+,26-,32-/m1/s1. The van der Waals surface area contributed by atoms with Crippen molar-refractivity contribution in [2.45, 2.75) is 87.4 Å². The third-order valence-electron chi connectivity index (χ3n) is 10.3. The molecule has 1 aromatic heterocycles. The number of carbonyl (C=O) groups excluding carboxylic acids is 2. The van der Waals surface area contributed by atoms with Crippen molar-refractivity contribution in [2.75, 3.05) is 11.9 Å². The summed E-state index contributed by atoms with van der Waals surface area (Å²) in [5.74, 6) is -1.73. The van der Waals surface area contributed by atoms with Gasteiger partial charge in [-0.15, -0.1) is 10.2 Å². The number of ether oxygens (including phenoxy) is 1. The maximum Gasteiger partial charge on any atom is 0.244 e. The number of rotatable bonds is 4. The summed E-state index contributed by atoms with van der Waals surface area (Å²) < 4.78 is 27.4. The van der Waals surface area contributed by atoms with Gasteiger partial charge in [-0.2, -0.15) is 0 Å². The van der Waals surface area contributed by atoms with E-state index in [0.717, 1.165) is 12.8 Å². The molecule has 4 heterocycles. The number of hydrogen-bond acceptors (Lipinski definition) is 7. The predicted octanol–water partition coefficient (Wildman–Crippen LogP) is 5.84. The van der Waals surface area contributed by atoms with Crippen molar-refractivity contribution in [1.82, 2.24) is 20.8 Å². The monoisotopic (exact) mass is 641 g/mol. The molecule has 3 N–H and O–H groups in total. The molecule has 3 aromatic rings. The SMILES string of the molecule is CC1(C)CCC2(CC1)N[C@@H](C(=O)N[C@@H]1CC[C@@H](c3nnco3)OC1)[C@H](c1cccc(Cl)c1F)[C@]21C(=O)Nc2cc(Cl)ccc21. The van der Waals surface area contributed by atoms with Crippen LogP contribution in [0.4, 0.5) is 10.1 Å². The van der Waals surface area contributed by atoms with Crippen LogP contribution >= 0.6 is 23.2 Å². The highest BCUT2D eigenvalue weighted by Crippen LogP contribution is 2.64. The van der Waals surface area contributed by atoms with Gasteiger partial charge in [0.25, 0.3) is 0 Å². The molecule has 1 aliphatic carbocycles. The Hall–Kier alpha value is -3.05. The average Bonchev–Trinajstić information content (AvgIpc) is 3.70. The Labute approximate surface area is 264 Å². The van der Waals surface area contributed by atoms with Gasteiger partial charge in [-0.25, -0.2) is 4.39 Å². The van der Waals surface area contributed by atoms with Crippen LogP contribution in [0.1, 0.15) is 81.4 Å². The van der Waals surface area contributed by atoms with Gasteiger partial charge in [0.1, 0.15) is 17.3 Å². The molecule has 232 valence electrons. The third-order valence-corrected chi connectivity index (χ3v) is 10.9. The lowest BCUT2D eigenvalue weighted by Gasteiger charge is -2.50. The first-order valence-corrected chi connectivity index (χ1v) is 15.8. The van der Waals surface area contributed by atoms with E-state index in [2.05, 4.69) is 40.0 Å². The second kappa shape index (κ2) is 10.8. The average molecular weight is 643 g/mol. The molecule has 0 radical (unpaired) electrons. The molecule has 3 fully saturated rings. The van der Waals surface area contributed by atoms with E-state index in [-0.39, 0.29) is 46.6 Å². The molecule has 5 atom stereocenters. The molecule has 3 aliphatic heterocycles. The number of nitrogens with zero attached hydrogens (tertiary/aromatic N) is 2. The van der Waals surface area contributed by atoms with Crippen molar-refractivity contribution < 1.29 is 23.1 Å². The van der Waals surface area contributed by atoms with Crippen LogP contribution < -0.4 is 16.0 Å². The minimum Gasteiger partial charge on any atom is -0.425 e. The summed E-state index contributed by atoms with van der Waals surface area (Å²) in [5.41, 5.74) is -0.571. The van der Waals surface area contributed by atoms with Crippen LogP contribution in [0.15, 0.2) is 47.2 Å². The number of amides is 2. The van der Waals surface area contributed by atoms with Crippen LogP contribution in [0.25, 0.3) is 0 Å². The quantitative estimate of drug-likeness (QED) is 0.328. The van der Waals surface area contributed by atoms with E-state index < -0.39 is 28.7 Å². The molecule has 4 aliphatic rings. The first-order valence-electron chi connectivity index (χ1n) is 15.1. The van der Waals surface area contributed by atoms with Gasteiger partial charge in [0.05, 0.1) is 23.7 Å². The van der Waals surface area contributed by atoms with Gasteiger partial charge in [-0.1, -0.05) is 55.2 Å². The fourth-order valence-corrected chi connectivity index (χ4v) is 8.44. The fraction of sp³-hybridized carbons (Fsp3) is 0.500. The Morgan fingerprint density at radius 1 is 1.11 bits per heavy atom. The molecule has 44 heavy (non-hydrogen) atoms. The molecule has 2 amide bonds. The molecule has 1 saturated carbocycles. The highest BCUT2D eigenvalue weighted by Gasteiger charge is 2.73. The zero-order chi connectivity index (χ0) is 30.9. The first kappa shape index (κ1) is 29.6. The number of anilines is 1. The van der Waals surface area contributed by atoms with Crippen molar-refractivity contribution in [3.63, 3.8) is 0 Å². The van der Waals surface area contributed by atoms with Crippen LogP contribution in [0.3, 0.4) is 0 Å². The van der Waals surface area contributed by atoms with E-state index in [1.807, 2.05) is 6.07 Å². The van der Waals surface area contributed by atoms with E-state index in [0.29, 0.717) is 47.8 Å². The summed E-state index contributed by atoms with van der Waals surface area (Å²) in [6.07, 6.45) is 5.01. The normalized spacial score (nSPS) is 30.3. The molecule has 2 spiro atoms. The van der Waals surface area contributed by atoms with E-state index in [1.165, 1.54) is 12.5 Å². The minimum absolute atomic E-state index is 0.0531. The van der Waals surface area contributed by atoms with Crippen LogP contribution in [0.5, 0.6) is 0 Å². The number of hydrogen-bond donors (Lipinski definition) is 3. The first-order chi connectivity index (χ1) is 21.0. The van der Waals surface area contributed by atoms with E-state index in [9.17, 15) is 9.59 Å². The number of nitrogens with one attached hydrogen (secondary N) is 3. The Morgan fingerprint density at radius 2 is 1.91 bits per heavy atom. The largest absolute Gasteiger partial charge is 0.425 e. The van der Waals surface area contributed by atoms with E-state index in [1.54, 1.807) is 24.3 Å². The van der Waals surface area contributed by atoms with Gasteiger partial charge in [-0.3, -0.25) is 14.9 Å². The lowest BCUT2D eigenvalue weighted by atomic mass is 9.53. The highest BCUT2D eigenvalue weighted by atomic mass is 35.5. The minimum atomic E-state index is -1.30. The molecular formula is C32H34Cl2FN5O4. The Balaban J connectivity index is 1.31. The van der Waals surface area contributed by atoms with E-state index in [4.69, 9.17) is 32.4 Å². The maximum absolute atomic E-state index is 16.1. The second-order valence-corrected chi connectivity index (χ2v) is 14.2. The second-order valence-electron chi connectivity index (χ2n) is 13.3. The highest BCUT2D eigenvalue weighted by molar-refractivity contribution is 6.31. The molecule has 0 bridgehead atoms. The molecule has 0 unspecified atom stereocenters. The van der Waals surface area contributed by atoms with Gasteiger partial charge in [0.2, 0.25) is 24.1 Å². The summed E-state index contributed by atoms with van der Waals surface area (Å²) in [6.45, 7) is 4.67. The smallest absolute Gasteiger partial charge is 0.244 e. The van der Waals surface area contributed by atoms with Gasteiger partial charge in [-0.05, 0) is 73.3 Å².